The Morgan fingerprint density at radius 2 is 1.63 bits per heavy atom. The number of carbonyl (C=O) groups is 2. The van der Waals surface area contributed by atoms with Crippen LogP contribution in [0.5, 0.6) is 5.75 Å². The molecule has 6 nitrogen and oxygen atoms in total. The summed E-state index contributed by atoms with van der Waals surface area (Å²) in [6, 6.07) is 13.9. The Bertz CT molecular complexity index is 1140. The van der Waals surface area contributed by atoms with Crippen LogP contribution in [-0.2, 0) is 9.59 Å². The van der Waals surface area contributed by atoms with Gasteiger partial charge in [0.15, 0.2) is 0 Å². The maximum atomic E-state index is 12.9. The number of rotatable bonds is 5. The predicted octanol–water partition coefficient (Wildman–Crippen LogP) is 5.97. The van der Waals surface area contributed by atoms with E-state index in [9.17, 15) is 22.4 Å². The van der Waals surface area contributed by atoms with Crippen molar-refractivity contribution in [3.05, 3.63) is 66.7 Å². The summed E-state index contributed by atoms with van der Waals surface area (Å²) in [5.41, 5.74) is 0.631. The van der Waals surface area contributed by atoms with Gasteiger partial charge in [0.25, 0.3) is 0 Å². The van der Waals surface area contributed by atoms with Crippen LogP contribution >= 0.6 is 0 Å². The normalized spacial score (nSPS) is 17.7. The van der Waals surface area contributed by atoms with Gasteiger partial charge in [-0.3, -0.25) is 9.78 Å². The Labute approximate surface area is 198 Å². The summed E-state index contributed by atoms with van der Waals surface area (Å²) in [6.45, 7) is 0. The first-order valence-corrected chi connectivity index (χ1v) is 11.0. The first-order valence-electron chi connectivity index (χ1n) is 11.0. The molecule has 0 aliphatic heterocycles. The lowest BCUT2D eigenvalue weighted by atomic mass is 9.85. The SMILES string of the molecule is O=C(C[C@H]1CC[C@H](Oc2cncc3ccccc23)CC1)Nc1ccc(F)cc1.O=C(O)C(F)(F)F. The van der Waals surface area contributed by atoms with Crippen molar-refractivity contribution in [3.63, 3.8) is 0 Å². The van der Waals surface area contributed by atoms with Crippen LogP contribution in [0.4, 0.5) is 23.2 Å². The minimum Gasteiger partial charge on any atom is -0.488 e. The minimum absolute atomic E-state index is 0.0192. The number of benzene rings is 2. The van der Waals surface area contributed by atoms with Crippen LogP contribution < -0.4 is 10.1 Å². The molecule has 1 saturated carbocycles. The number of pyridine rings is 1. The van der Waals surface area contributed by atoms with Crippen LogP contribution in [0.3, 0.4) is 0 Å². The number of hydrogen-bond acceptors (Lipinski definition) is 4. The first kappa shape index (κ1) is 25.9. The number of anilines is 1. The minimum atomic E-state index is -5.08. The van der Waals surface area contributed by atoms with Gasteiger partial charge in [0, 0.05) is 29.1 Å². The lowest BCUT2D eigenvalue weighted by Gasteiger charge is -2.29. The molecule has 1 fully saturated rings. The Morgan fingerprint density at radius 1 is 1.00 bits per heavy atom. The predicted molar refractivity (Wildman–Crippen MR) is 121 cm³/mol. The van der Waals surface area contributed by atoms with Crippen LogP contribution in [0.25, 0.3) is 10.8 Å². The van der Waals surface area contributed by atoms with Gasteiger partial charge in [-0.05, 0) is 55.9 Å². The highest BCUT2D eigenvalue weighted by Gasteiger charge is 2.38. The molecule has 0 radical (unpaired) electrons. The van der Waals surface area contributed by atoms with Gasteiger partial charge in [0.1, 0.15) is 11.6 Å². The lowest BCUT2D eigenvalue weighted by Crippen LogP contribution is -2.26. The molecule has 0 saturated heterocycles. The first-order chi connectivity index (χ1) is 16.6. The molecule has 1 amide bonds. The van der Waals surface area contributed by atoms with Gasteiger partial charge < -0.3 is 15.2 Å². The second-order valence-corrected chi connectivity index (χ2v) is 8.18. The van der Waals surface area contributed by atoms with Crippen molar-refractivity contribution in [2.45, 2.75) is 44.4 Å². The number of aliphatic carboxylic acids is 1. The zero-order valence-electron chi connectivity index (χ0n) is 18.6. The third kappa shape index (κ3) is 7.94. The molecule has 1 aliphatic carbocycles. The number of hydrogen-bond donors (Lipinski definition) is 2. The number of nitrogens with zero attached hydrogens (tertiary/aromatic N) is 1. The Balaban J connectivity index is 0.000000429. The van der Waals surface area contributed by atoms with Crippen molar-refractivity contribution >= 4 is 28.3 Å². The molecule has 3 aromatic rings. The van der Waals surface area contributed by atoms with E-state index in [-0.39, 0.29) is 17.8 Å². The topological polar surface area (TPSA) is 88.5 Å². The number of amides is 1. The molecule has 0 spiro atoms. The van der Waals surface area contributed by atoms with Gasteiger partial charge in [-0.25, -0.2) is 9.18 Å². The fourth-order valence-electron chi connectivity index (χ4n) is 3.82. The van der Waals surface area contributed by atoms with Gasteiger partial charge >= 0.3 is 12.1 Å². The van der Waals surface area contributed by atoms with E-state index in [0.29, 0.717) is 18.0 Å². The second kappa shape index (κ2) is 11.6. The number of halogens is 4. The molecule has 4 rings (SSSR count). The van der Waals surface area contributed by atoms with Crippen molar-refractivity contribution in [2.75, 3.05) is 5.32 Å². The number of ether oxygens (including phenoxy) is 1. The van der Waals surface area contributed by atoms with E-state index in [1.54, 1.807) is 18.3 Å². The van der Waals surface area contributed by atoms with E-state index in [1.165, 1.54) is 12.1 Å². The summed E-state index contributed by atoms with van der Waals surface area (Å²) in [4.78, 5) is 25.4. The summed E-state index contributed by atoms with van der Waals surface area (Å²) in [6.07, 6.45) is 2.96. The van der Waals surface area contributed by atoms with Gasteiger partial charge in [-0.1, -0.05) is 24.3 Å². The molecule has 0 bridgehead atoms. The number of alkyl halides is 3. The number of nitrogens with one attached hydrogen (secondary N) is 1. The number of aromatic nitrogens is 1. The van der Waals surface area contributed by atoms with Gasteiger partial charge in [-0.15, -0.1) is 0 Å². The molecule has 2 aromatic carbocycles. The summed E-state index contributed by atoms with van der Waals surface area (Å²) < 4.78 is 50.9. The average molecular weight is 492 g/mol. The molecule has 1 aromatic heterocycles. The van der Waals surface area contributed by atoms with E-state index < -0.39 is 12.1 Å². The van der Waals surface area contributed by atoms with Gasteiger partial charge in [0.2, 0.25) is 5.91 Å². The molecule has 10 heteroatoms. The molecular formula is C25H24F4N2O4. The Kier molecular flexibility index (Phi) is 8.62. The average Bonchev–Trinajstić information content (AvgIpc) is 2.82. The van der Waals surface area contributed by atoms with Crippen molar-refractivity contribution < 1.29 is 37.0 Å². The van der Waals surface area contributed by atoms with Crippen molar-refractivity contribution in [1.82, 2.24) is 4.98 Å². The molecular weight excluding hydrogens is 468 g/mol. The molecule has 2 N–H and O–H groups in total. The van der Waals surface area contributed by atoms with E-state index in [2.05, 4.69) is 16.4 Å². The fourth-order valence-corrected chi connectivity index (χ4v) is 3.82. The standard InChI is InChI=1S/C23H23FN2O2.C2HF3O2/c24-18-7-9-19(10-8-18)26-23(27)13-16-5-11-20(12-6-16)28-22-15-25-14-17-3-1-2-4-21(17)22;3-2(4,5)1(6)7/h1-4,7-10,14-16,20H,5-6,11-13H2,(H,26,27);(H,6,7)/t16-,20-;. The fraction of sp³-hybridized carbons (Fsp3) is 0.320. The smallest absolute Gasteiger partial charge is 0.488 e. The van der Waals surface area contributed by atoms with E-state index in [1.807, 2.05) is 24.4 Å². The maximum absolute atomic E-state index is 12.9. The van der Waals surface area contributed by atoms with Crippen LogP contribution in [0.15, 0.2) is 60.9 Å². The number of carboxylic acid groups (broad SMARTS) is 1. The van der Waals surface area contributed by atoms with Gasteiger partial charge in [0.05, 0.1) is 12.3 Å². The second-order valence-electron chi connectivity index (χ2n) is 8.18. The molecule has 1 aliphatic rings. The summed E-state index contributed by atoms with van der Waals surface area (Å²) in [5.74, 6) is -1.90. The quantitative estimate of drug-likeness (QED) is 0.428. The highest BCUT2D eigenvalue weighted by Crippen LogP contribution is 2.32. The third-order valence-corrected chi connectivity index (χ3v) is 5.56. The van der Waals surface area contributed by atoms with Crippen LogP contribution in [0.2, 0.25) is 0 Å². The molecule has 35 heavy (non-hydrogen) atoms. The monoisotopic (exact) mass is 492 g/mol. The summed E-state index contributed by atoms with van der Waals surface area (Å²) >= 11 is 0. The molecule has 0 atom stereocenters. The van der Waals surface area contributed by atoms with Crippen molar-refractivity contribution in [1.29, 1.82) is 0 Å². The number of carbonyl (C=O) groups excluding carboxylic acids is 1. The van der Waals surface area contributed by atoms with Crippen molar-refractivity contribution in [2.24, 2.45) is 5.92 Å². The zero-order chi connectivity index (χ0) is 25.4. The highest BCUT2D eigenvalue weighted by atomic mass is 19.4. The zero-order valence-corrected chi connectivity index (χ0v) is 18.6. The third-order valence-electron chi connectivity index (χ3n) is 5.56. The van der Waals surface area contributed by atoms with E-state index in [0.717, 1.165) is 42.2 Å². The Hall–Kier alpha value is -3.69. The van der Waals surface area contributed by atoms with E-state index in [4.69, 9.17) is 14.6 Å². The highest BCUT2D eigenvalue weighted by molar-refractivity contribution is 5.90. The van der Waals surface area contributed by atoms with Crippen LogP contribution in [-0.4, -0.2) is 34.2 Å². The maximum Gasteiger partial charge on any atom is 0.490 e. The summed E-state index contributed by atoms with van der Waals surface area (Å²) in [7, 11) is 0. The van der Waals surface area contributed by atoms with Crippen LogP contribution in [0.1, 0.15) is 32.1 Å². The van der Waals surface area contributed by atoms with Crippen molar-refractivity contribution in [3.8, 4) is 5.75 Å². The molecule has 1 heterocycles. The van der Waals surface area contributed by atoms with Gasteiger partial charge in [-0.2, -0.15) is 13.2 Å². The summed E-state index contributed by atoms with van der Waals surface area (Å²) in [5, 5.41) is 12.1. The largest absolute Gasteiger partial charge is 0.490 e. The molecule has 186 valence electrons. The van der Waals surface area contributed by atoms with E-state index >= 15 is 0 Å². The number of carboxylic acids is 1. The Morgan fingerprint density at radius 3 is 2.26 bits per heavy atom. The lowest BCUT2D eigenvalue weighted by molar-refractivity contribution is -0.192. The van der Waals surface area contributed by atoms with Crippen LogP contribution in [0, 0.1) is 11.7 Å². The number of fused-ring (bicyclic) bond motifs is 1. The molecule has 0 unspecified atom stereocenters.